The second kappa shape index (κ2) is 8.72. The topological polar surface area (TPSA) is 97.2 Å². The molecule has 1 aliphatic carbocycles. The molecule has 1 amide bonds. The summed E-state index contributed by atoms with van der Waals surface area (Å²) < 4.78 is 25.2. The summed E-state index contributed by atoms with van der Waals surface area (Å²) in [7, 11) is -0.939. The van der Waals surface area contributed by atoms with Gasteiger partial charge in [-0.3, -0.25) is 19.4 Å². The Balaban J connectivity index is 1.22. The highest BCUT2D eigenvalue weighted by atomic mass is 32.2. The number of hydrogen-bond donors (Lipinski definition) is 1. The van der Waals surface area contributed by atoms with Crippen molar-refractivity contribution in [3.8, 4) is 11.4 Å². The number of nitrogens with one attached hydrogen (secondary N) is 1. The third-order valence-corrected chi connectivity index (χ3v) is 7.84. The van der Waals surface area contributed by atoms with Crippen LogP contribution in [0, 0.1) is 0 Å². The molecule has 3 heterocycles. The van der Waals surface area contributed by atoms with Gasteiger partial charge in [0.25, 0.3) is 5.91 Å². The normalized spacial score (nSPS) is 18.2. The number of amides is 1. The van der Waals surface area contributed by atoms with Crippen molar-refractivity contribution < 1.29 is 13.2 Å². The molecular formula is C24H27N5O3S. The third-order valence-electron chi connectivity index (χ3n) is 6.23. The van der Waals surface area contributed by atoms with Crippen LogP contribution in [0.1, 0.15) is 40.4 Å². The number of aromatic nitrogens is 3. The molecule has 1 aromatic carbocycles. The minimum Gasteiger partial charge on any atom is -0.321 e. The first-order valence-corrected chi connectivity index (χ1v) is 13.0. The number of anilines is 1. The first-order valence-electron chi connectivity index (χ1n) is 11.2. The molecule has 0 radical (unpaired) electrons. The van der Waals surface area contributed by atoms with E-state index in [0.29, 0.717) is 36.8 Å². The number of aryl methyl sites for hydroxylation is 1. The van der Waals surface area contributed by atoms with Gasteiger partial charge in [-0.1, -0.05) is 12.1 Å². The van der Waals surface area contributed by atoms with Crippen molar-refractivity contribution in [3.63, 3.8) is 0 Å². The summed E-state index contributed by atoms with van der Waals surface area (Å²) in [6.07, 6.45) is 4.09. The van der Waals surface area contributed by atoms with Crippen LogP contribution in [-0.4, -0.2) is 58.6 Å². The monoisotopic (exact) mass is 465 g/mol. The minimum atomic E-state index is -2.90. The van der Waals surface area contributed by atoms with Crippen molar-refractivity contribution in [2.24, 2.45) is 7.05 Å². The van der Waals surface area contributed by atoms with Crippen LogP contribution in [0.2, 0.25) is 0 Å². The van der Waals surface area contributed by atoms with Gasteiger partial charge in [0.1, 0.15) is 5.69 Å². The predicted molar refractivity (Wildman–Crippen MR) is 127 cm³/mol. The lowest BCUT2D eigenvalue weighted by molar-refractivity contribution is 0.102. The maximum absolute atomic E-state index is 12.8. The number of benzene rings is 1. The molecule has 0 spiro atoms. The molecule has 1 saturated carbocycles. The SMILES string of the molecule is Cn1nc(-c2ccc(NC(=O)c3cccc(CN4CCS(=O)(=O)CC4)c3)cn2)cc1C1CC1. The number of sulfone groups is 1. The minimum absolute atomic E-state index is 0.191. The van der Waals surface area contributed by atoms with Gasteiger partial charge in [-0.05, 0) is 48.7 Å². The van der Waals surface area contributed by atoms with Crippen LogP contribution in [0.3, 0.4) is 0 Å². The smallest absolute Gasteiger partial charge is 0.255 e. The van der Waals surface area contributed by atoms with Crippen LogP contribution >= 0.6 is 0 Å². The van der Waals surface area contributed by atoms with Crippen LogP contribution in [0.5, 0.6) is 0 Å². The summed E-state index contributed by atoms with van der Waals surface area (Å²) in [5.74, 6) is 0.794. The number of carbonyl (C=O) groups is 1. The fraction of sp³-hybridized carbons (Fsp3) is 0.375. The van der Waals surface area contributed by atoms with Crippen molar-refractivity contribution in [1.29, 1.82) is 0 Å². The molecule has 2 fully saturated rings. The average Bonchev–Trinajstić information content (AvgIpc) is 3.57. The molecule has 8 nitrogen and oxygen atoms in total. The summed E-state index contributed by atoms with van der Waals surface area (Å²) in [4.78, 5) is 19.4. The van der Waals surface area contributed by atoms with Gasteiger partial charge in [0.2, 0.25) is 0 Å². The molecule has 2 aromatic heterocycles. The zero-order chi connectivity index (χ0) is 23.0. The fourth-order valence-electron chi connectivity index (χ4n) is 4.17. The van der Waals surface area contributed by atoms with E-state index in [1.807, 2.05) is 42.1 Å². The van der Waals surface area contributed by atoms with Gasteiger partial charge >= 0.3 is 0 Å². The van der Waals surface area contributed by atoms with Crippen LogP contribution in [0.25, 0.3) is 11.4 Å². The summed E-state index contributed by atoms with van der Waals surface area (Å²) in [5.41, 5.74) is 5.03. The molecule has 2 aliphatic rings. The van der Waals surface area contributed by atoms with Gasteiger partial charge in [0, 0.05) is 43.9 Å². The van der Waals surface area contributed by atoms with Crippen LogP contribution in [0.15, 0.2) is 48.7 Å². The number of rotatable bonds is 6. The molecule has 5 rings (SSSR count). The summed E-state index contributed by atoms with van der Waals surface area (Å²) in [6.45, 7) is 1.67. The van der Waals surface area contributed by atoms with E-state index in [-0.39, 0.29) is 17.4 Å². The molecule has 172 valence electrons. The fourth-order valence-corrected chi connectivity index (χ4v) is 5.44. The maximum atomic E-state index is 12.8. The maximum Gasteiger partial charge on any atom is 0.255 e. The molecular weight excluding hydrogens is 438 g/mol. The second-order valence-corrected chi connectivity index (χ2v) is 11.2. The highest BCUT2D eigenvalue weighted by Crippen LogP contribution is 2.40. The van der Waals surface area contributed by atoms with Crippen LogP contribution < -0.4 is 5.32 Å². The number of pyridine rings is 1. The molecule has 3 aromatic rings. The van der Waals surface area contributed by atoms with E-state index >= 15 is 0 Å². The van der Waals surface area contributed by atoms with Crippen LogP contribution in [0.4, 0.5) is 5.69 Å². The van der Waals surface area contributed by atoms with Gasteiger partial charge in [-0.15, -0.1) is 0 Å². The van der Waals surface area contributed by atoms with E-state index in [0.717, 1.165) is 17.0 Å². The highest BCUT2D eigenvalue weighted by Gasteiger charge is 2.27. The lowest BCUT2D eigenvalue weighted by atomic mass is 10.1. The number of hydrogen-bond acceptors (Lipinski definition) is 6. The van der Waals surface area contributed by atoms with Crippen molar-refractivity contribution in [2.45, 2.75) is 25.3 Å². The van der Waals surface area contributed by atoms with Crippen molar-refractivity contribution >= 4 is 21.4 Å². The zero-order valence-electron chi connectivity index (χ0n) is 18.6. The van der Waals surface area contributed by atoms with Gasteiger partial charge < -0.3 is 5.32 Å². The van der Waals surface area contributed by atoms with Gasteiger partial charge in [0.15, 0.2) is 9.84 Å². The Labute approximate surface area is 193 Å². The van der Waals surface area contributed by atoms with E-state index in [9.17, 15) is 13.2 Å². The quantitative estimate of drug-likeness (QED) is 0.601. The first kappa shape index (κ1) is 21.8. The largest absolute Gasteiger partial charge is 0.321 e. The third kappa shape index (κ3) is 5.15. The Hall–Kier alpha value is -3.04. The molecule has 1 N–H and O–H groups in total. The summed E-state index contributed by atoms with van der Waals surface area (Å²) in [5, 5.41) is 7.48. The molecule has 0 bridgehead atoms. The molecule has 0 unspecified atom stereocenters. The molecule has 1 saturated heterocycles. The molecule has 9 heteroatoms. The molecule has 0 atom stereocenters. The van der Waals surface area contributed by atoms with Crippen molar-refractivity contribution in [2.75, 3.05) is 29.9 Å². The Morgan fingerprint density at radius 2 is 1.88 bits per heavy atom. The number of carbonyl (C=O) groups excluding carboxylic acids is 1. The average molecular weight is 466 g/mol. The Kier molecular flexibility index (Phi) is 5.76. The Morgan fingerprint density at radius 1 is 1.09 bits per heavy atom. The predicted octanol–water partition coefficient (Wildman–Crippen LogP) is 2.84. The number of nitrogens with zero attached hydrogens (tertiary/aromatic N) is 4. The Bertz CT molecular complexity index is 1270. The molecule has 33 heavy (non-hydrogen) atoms. The van der Waals surface area contributed by atoms with E-state index in [4.69, 9.17) is 0 Å². The Morgan fingerprint density at radius 3 is 2.58 bits per heavy atom. The second-order valence-electron chi connectivity index (χ2n) is 8.87. The van der Waals surface area contributed by atoms with Crippen LogP contribution in [-0.2, 0) is 23.4 Å². The van der Waals surface area contributed by atoms with Gasteiger partial charge in [-0.25, -0.2) is 8.42 Å². The standard InChI is InChI=1S/C24H27N5O3S/c1-28-23(18-5-6-18)14-22(27-28)21-8-7-20(15-25-21)26-24(30)19-4-2-3-17(13-19)16-29-9-11-33(31,32)12-10-29/h2-4,7-8,13-15,18H,5-6,9-12,16H2,1H3,(H,26,30). The van der Waals surface area contributed by atoms with Gasteiger partial charge in [-0.2, -0.15) is 5.10 Å². The molecule has 1 aliphatic heterocycles. The zero-order valence-corrected chi connectivity index (χ0v) is 19.4. The lowest BCUT2D eigenvalue weighted by Gasteiger charge is -2.26. The van der Waals surface area contributed by atoms with E-state index in [1.54, 1.807) is 12.3 Å². The highest BCUT2D eigenvalue weighted by molar-refractivity contribution is 7.91. The summed E-state index contributed by atoms with van der Waals surface area (Å²) >= 11 is 0. The van der Waals surface area contributed by atoms with Crippen molar-refractivity contribution in [3.05, 3.63) is 65.5 Å². The van der Waals surface area contributed by atoms with E-state index in [1.165, 1.54) is 18.5 Å². The van der Waals surface area contributed by atoms with E-state index in [2.05, 4.69) is 26.4 Å². The first-order chi connectivity index (χ1) is 15.9. The van der Waals surface area contributed by atoms with Gasteiger partial charge in [0.05, 0.1) is 29.1 Å². The summed E-state index contributed by atoms with van der Waals surface area (Å²) in [6, 6.07) is 13.2. The van der Waals surface area contributed by atoms with E-state index < -0.39 is 9.84 Å². The lowest BCUT2D eigenvalue weighted by Crippen LogP contribution is -2.39. The van der Waals surface area contributed by atoms with Crippen molar-refractivity contribution in [1.82, 2.24) is 19.7 Å².